The molecule has 1 saturated heterocycles. The van der Waals surface area contributed by atoms with Crippen LogP contribution in [0, 0.1) is 6.92 Å². The van der Waals surface area contributed by atoms with Crippen LogP contribution in [0.1, 0.15) is 24.0 Å². The number of rotatable bonds is 7. The van der Waals surface area contributed by atoms with Crippen molar-refractivity contribution in [1.82, 2.24) is 10.2 Å². The highest BCUT2D eigenvalue weighted by atomic mass is 16.5. The van der Waals surface area contributed by atoms with Crippen LogP contribution in [0.5, 0.6) is 0 Å². The molecule has 1 aromatic rings. The molecule has 1 aromatic carbocycles. The Morgan fingerprint density at radius 1 is 1.24 bits per heavy atom. The molecular formula is C17H26N2O2. The van der Waals surface area contributed by atoms with E-state index in [0.717, 1.165) is 45.6 Å². The van der Waals surface area contributed by atoms with E-state index in [2.05, 4.69) is 41.4 Å². The van der Waals surface area contributed by atoms with E-state index in [9.17, 15) is 4.79 Å². The predicted octanol–water partition coefficient (Wildman–Crippen LogP) is 1.77. The van der Waals surface area contributed by atoms with Gasteiger partial charge in [0.15, 0.2) is 0 Å². The Hall–Kier alpha value is -1.39. The average molecular weight is 290 g/mol. The summed E-state index contributed by atoms with van der Waals surface area (Å²) in [5, 5.41) is 3.31. The number of piperazine rings is 1. The van der Waals surface area contributed by atoms with Crippen LogP contribution in [-0.4, -0.2) is 50.2 Å². The highest BCUT2D eigenvalue weighted by Crippen LogP contribution is 2.07. The fourth-order valence-corrected chi connectivity index (χ4v) is 2.49. The largest absolute Gasteiger partial charge is 0.464 e. The van der Waals surface area contributed by atoms with E-state index < -0.39 is 0 Å². The molecule has 1 N–H and O–H groups in total. The Kier molecular flexibility index (Phi) is 6.70. The normalized spacial score (nSPS) is 15.9. The molecule has 0 saturated carbocycles. The van der Waals surface area contributed by atoms with Gasteiger partial charge in [-0.2, -0.15) is 0 Å². The molecule has 0 spiro atoms. The summed E-state index contributed by atoms with van der Waals surface area (Å²) in [5.41, 5.74) is 2.56. The molecule has 4 heteroatoms. The number of hydrogen-bond acceptors (Lipinski definition) is 4. The molecule has 1 fully saturated rings. The van der Waals surface area contributed by atoms with Crippen molar-refractivity contribution in [2.75, 3.05) is 39.3 Å². The molecule has 1 heterocycles. The minimum Gasteiger partial charge on any atom is -0.464 e. The molecule has 116 valence electrons. The number of nitrogens with zero attached hydrogens (tertiary/aromatic N) is 1. The van der Waals surface area contributed by atoms with Gasteiger partial charge in [0.25, 0.3) is 0 Å². The van der Waals surface area contributed by atoms with Crippen LogP contribution >= 0.6 is 0 Å². The third-order valence-electron chi connectivity index (χ3n) is 3.85. The number of carbonyl (C=O) groups is 1. The highest BCUT2D eigenvalue weighted by molar-refractivity contribution is 5.69. The predicted molar refractivity (Wildman–Crippen MR) is 84.4 cm³/mol. The smallest absolute Gasteiger partial charge is 0.305 e. The molecule has 1 aliphatic heterocycles. The quantitative estimate of drug-likeness (QED) is 0.777. The molecule has 4 nitrogen and oxygen atoms in total. The van der Waals surface area contributed by atoms with E-state index >= 15 is 0 Å². The molecule has 0 aliphatic carbocycles. The summed E-state index contributed by atoms with van der Waals surface area (Å²) in [6.45, 7) is 7.61. The lowest BCUT2D eigenvalue weighted by molar-refractivity contribution is -0.144. The zero-order valence-electron chi connectivity index (χ0n) is 12.9. The minimum absolute atomic E-state index is 0.0720. The molecule has 0 bridgehead atoms. The number of aryl methyl sites for hydroxylation is 2. The summed E-state index contributed by atoms with van der Waals surface area (Å²) in [5.74, 6) is -0.0720. The van der Waals surface area contributed by atoms with Crippen LogP contribution in [0.3, 0.4) is 0 Å². The Bertz CT molecular complexity index is 425. The zero-order valence-corrected chi connectivity index (χ0v) is 12.9. The summed E-state index contributed by atoms with van der Waals surface area (Å²) in [6, 6.07) is 8.48. The Morgan fingerprint density at radius 2 is 1.95 bits per heavy atom. The Morgan fingerprint density at radius 3 is 2.67 bits per heavy atom. The molecule has 0 aromatic heterocycles. The summed E-state index contributed by atoms with van der Waals surface area (Å²) in [6.07, 6.45) is 2.30. The van der Waals surface area contributed by atoms with Gasteiger partial charge in [-0.25, -0.2) is 0 Å². The monoisotopic (exact) mass is 290 g/mol. The van der Waals surface area contributed by atoms with E-state index in [-0.39, 0.29) is 5.97 Å². The van der Waals surface area contributed by atoms with Gasteiger partial charge in [0.1, 0.15) is 6.61 Å². The Balaban J connectivity index is 1.54. The van der Waals surface area contributed by atoms with Crippen molar-refractivity contribution in [2.24, 2.45) is 0 Å². The van der Waals surface area contributed by atoms with Crippen LogP contribution in [-0.2, 0) is 16.0 Å². The first-order valence-corrected chi connectivity index (χ1v) is 7.88. The van der Waals surface area contributed by atoms with Crippen molar-refractivity contribution in [3.05, 3.63) is 35.4 Å². The SMILES string of the molecule is Cc1ccc(CCCC(=O)OCCN2CCNCC2)cc1. The zero-order chi connectivity index (χ0) is 14.9. The Labute approximate surface area is 127 Å². The summed E-state index contributed by atoms with van der Waals surface area (Å²) in [4.78, 5) is 14.0. The van der Waals surface area contributed by atoms with Gasteiger partial charge in [0.2, 0.25) is 0 Å². The van der Waals surface area contributed by atoms with Gasteiger partial charge in [-0.1, -0.05) is 29.8 Å². The maximum absolute atomic E-state index is 11.7. The third kappa shape index (κ3) is 6.27. The van der Waals surface area contributed by atoms with Crippen molar-refractivity contribution in [1.29, 1.82) is 0 Å². The topological polar surface area (TPSA) is 41.6 Å². The second-order valence-corrected chi connectivity index (χ2v) is 5.65. The maximum Gasteiger partial charge on any atom is 0.305 e. The van der Waals surface area contributed by atoms with Crippen LogP contribution in [0.25, 0.3) is 0 Å². The summed E-state index contributed by atoms with van der Waals surface area (Å²) in [7, 11) is 0. The van der Waals surface area contributed by atoms with Crippen molar-refractivity contribution in [3.63, 3.8) is 0 Å². The average Bonchev–Trinajstić information content (AvgIpc) is 2.50. The molecule has 1 aliphatic rings. The van der Waals surface area contributed by atoms with Crippen molar-refractivity contribution >= 4 is 5.97 Å². The number of hydrogen-bond donors (Lipinski definition) is 1. The van der Waals surface area contributed by atoms with Crippen LogP contribution in [0.15, 0.2) is 24.3 Å². The molecule has 0 radical (unpaired) electrons. The lowest BCUT2D eigenvalue weighted by Gasteiger charge is -2.26. The lowest BCUT2D eigenvalue weighted by Crippen LogP contribution is -2.44. The minimum atomic E-state index is -0.0720. The van der Waals surface area contributed by atoms with Gasteiger partial charge >= 0.3 is 5.97 Å². The molecule has 0 unspecified atom stereocenters. The van der Waals surface area contributed by atoms with Gasteiger partial charge in [-0.15, -0.1) is 0 Å². The third-order valence-corrected chi connectivity index (χ3v) is 3.85. The summed E-state index contributed by atoms with van der Waals surface area (Å²) >= 11 is 0. The first-order chi connectivity index (χ1) is 10.2. The summed E-state index contributed by atoms with van der Waals surface area (Å²) < 4.78 is 5.30. The van der Waals surface area contributed by atoms with Crippen LogP contribution in [0.2, 0.25) is 0 Å². The number of carbonyl (C=O) groups excluding carboxylic acids is 1. The fraction of sp³-hybridized carbons (Fsp3) is 0.588. The first-order valence-electron chi connectivity index (χ1n) is 7.88. The van der Waals surface area contributed by atoms with E-state index in [1.807, 2.05) is 0 Å². The van der Waals surface area contributed by atoms with E-state index in [0.29, 0.717) is 13.0 Å². The molecule has 2 rings (SSSR count). The van der Waals surface area contributed by atoms with Crippen molar-refractivity contribution in [2.45, 2.75) is 26.2 Å². The second-order valence-electron chi connectivity index (χ2n) is 5.65. The molecule has 0 atom stereocenters. The lowest BCUT2D eigenvalue weighted by atomic mass is 10.1. The van der Waals surface area contributed by atoms with Gasteiger partial charge in [0, 0.05) is 39.1 Å². The second kappa shape index (κ2) is 8.80. The molecular weight excluding hydrogens is 264 g/mol. The number of benzene rings is 1. The van der Waals surface area contributed by atoms with Crippen molar-refractivity contribution in [3.8, 4) is 0 Å². The standard InChI is InChI=1S/C17H26N2O2/c1-15-5-7-16(8-6-15)3-2-4-17(20)21-14-13-19-11-9-18-10-12-19/h5-8,18H,2-4,9-14H2,1H3. The van der Waals surface area contributed by atoms with Gasteiger partial charge in [-0.05, 0) is 25.3 Å². The van der Waals surface area contributed by atoms with Gasteiger partial charge in [0.05, 0.1) is 0 Å². The molecule has 0 amide bonds. The fourth-order valence-electron chi connectivity index (χ4n) is 2.49. The van der Waals surface area contributed by atoms with Crippen molar-refractivity contribution < 1.29 is 9.53 Å². The van der Waals surface area contributed by atoms with E-state index in [1.54, 1.807) is 0 Å². The number of nitrogens with one attached hydrogen (secondary N) is 1. The van der Waals surface area contributed by atoms with Gasteiger partial charge in [-0.3, -0.25) is 9.69 Å². The van der Waals surface area contributed by atoms with Gasteiger partial charge < -0.3 is 10.1 Å². The van der Waals surface area contributed by atoms with E-state index in [1.165, 1.54) is 11.1 Å². The molecule has 21 heavy (non-hydrogen) atoms. The van der Waals surface area contributed by atoms with Crippen LogP contribution < -0.4 is 5.32 Å². The van der Waals surface area contributed by atoms with E-state index in [4.69, 9.17) is 4.74 Å². The number of esters is 1. The van der Waals surface area contributed by atoms with Crippen LogP contribution in [0.4, 0.5) is 0 Å². The first kappa shape index (κ1) is 16.0. The highest BCUT2D eigenvalue weighted by Gasteiger charge is 2.10. The maximum atomic E-state index is 11.7. The number of ether oxygens (including phenoxy) is 1.